The molecular formula is C33H62N4O6. The van der Waals surface area contributed by atoms with Gasteiger partial charge >= 0.3 is 18.0 Å². The molecule has 0 aromatic rings. The molecule has 250 valence electrons. The van der Waals surface area contributed by atoms with E-state index in [0.717, 1.165) is 31.9 Å². The van der Waals surface area contributed by atoms with Gasteiger partial charge in [-0.2, -0.15) is 5.06 Å². The highest BCUT2D eigenvalue weighted by Gasteiger charge is 2.47. The maximum absolute atomic E-state index is 13.2. The number of amides is 2. The summed E-state index contributed by atoms with van der Waals surface area (Å²) in [4.78, 5) is 45.9. The molecule has 1 fully saturated rings. The zero-order chi connectivity index (χ0) is 32.5. The fourth-order valence-electron chi connectivity index (χ4n) is 5.79. The summed E-state index contributed by atoms with van der Waals surface area (Å²) in [5.74, 6) is -0.988. The summed E-state index contributed by atoms with van der Waals surface area (Å²) >= 11 is 0. The van der Waals surface area contributed by atoms with Crippen LogP contribution in [0.15, 0.2) is 12.7 Å². The molecule has 0 radical (unpaired) electrons. The number of rotatable bonds is 21. The van der Waals surface area contributed by atoms with Crippen molar-refractivity contribution in [2.24, 2.45) is 0 Å². The first kappa shape index (κ1) is 38.9. The van der Waals surface area contributed by atoms with Gasteiger partial charge in [0, 0.05) is 29.7 Å². The van der Waals surface area contributed by atoms with Crippen LogP contribution in [0.4, 0.5) is 4.79 Å². The SMILES string of the molecule is C=CC(=O)OCC(C)(COC(=O)CCN(C)CCCC)NC(=O)NC1CC(C)(C)N(OCCCCCCCC)C(C)(C)C1. The number of carbonyl (C=O) groups is 3. The first-order chi connectivity index (χ1) is 20.2. The molecule has 1 saturated heterocycles. The molecule has 2 N–H and O–H groups in total. The van der Waals surface area contributed by atoms with E-state index in [1.54, 1.807) is 6.92 Å². The number of esters is 2. The molecule has 43 heavy (non-hydrogen) atoms. The lowest BCUT2D eigenvalue weighted by molar-refractivity contribution is -0.284. The lowest BCUT2D eigenvalue weighted by Crippen LogP contribution is -2.65. The van der Waals surface area contributed by atoms with Crippen molar-refractivity contribution in [2.75, 3.05) is 40.0 Å². The quantitative estimate of drug-likeness (QED) is 0.0961. The number of hydrogen-bond donors (Lipinski definition) is 2. The van der Waals surface area contributed by atoms with Gasteiger partial charge in [-0.05, 0) is 73.9 Å². The van der Waals surface area contributed by atoms with Gasteiger partial charge in [0.2, 0.25) is 0 Å². The maximum atomic E-state index is 13.2. The molecule has 0 spiro atoms. The Kier molecular flexibility index (Phi) is 17.4. The first-order valence-corrected chi connectivity index (χ1v) is 16.3. The largest absolute Gasteiger partial charge is 0.463 e. The van der Waals surface area contributed by atoms with Gasteiger partial charge in [0.1, 0.15) is 18.8 Å². The molecule has 10 heteroatoms. The Labute approximate surface area is 261 Å². The lowest BCUT2D eigenvalue weighted by atomic mass is 9.79. The minimum Gasteiger partial charge on any atom is -0.463 e. The Morgan fingerprint density at radius 1 is 0.930 bits per heavy atom. The average molecular weight is 611 g/mol. The Hall–Kier alpha value is -2.17. The van der Waals surface area contributed by atoms with E-state index < -0.39 is 17.5 Å². The summed E-state index contributed by atoms with van der Waals surface area (Å²) in [5.41, 5.74) is -1.73. The van der Waals surface area contributed by atoms with Gasteiger partial charge < -0.3 is 25.0 Å². The van der Waals surface area contributed by atoms with Crippen LogP contribution in [0, 0.1) is 0 Å². The minimum absolute atomic E-state index is 0.111. The Morgan fingerprint density at radius 3 is 2.12 bits per heavy atom. The van der Waals surface area contributed by atoms with Crippen LogP contribution in [-0.4, -0.2) is 90.5 Å². The van der Waals surface area contributed by atoms with Crippen LogP contribution >= 0.6 is 0 Å². The van der Waals surface area contributed by atoms with Crippen molar-refractivity contribution in [3.05, 3.63) is 12.7 Å². The number of hydroxylamine groups is 2. The Bertz CT molecular complexity index is 846. The molecule has 10 nitrogen and oxygen atoms in total. The number of carbonyl (C=O) groups excluding carboxylic acids is 3. The van der Waals surface area contributed by atoms with Crippen molar-refractivity contribution >= 4 is 18.0 Å². The molecule has 0 aliphatic carbocycles. The van der Waals surface area contributed by atoms with Crippen molar-refractivity contribution in [2.45, 2.75) is 142 Å². The number of hydrogen-bond acceptors (Lipinski definition) is 8. The molecule has 0 saturated carbocycles. The highest BCUT2D eigenvalue weighted by molar-refractivity contribution is 5.81. The molecule has 0 bridgehead atoms. The van der Waals surface area contributed by atoms with Gasteiger partial charge in [-0.3, -0.25) is 9.63 Å². The lowest BCUT2D eigenvalue weighted by Gasteiger charge is -2.53. The third kappa shape index (κ3) is 15.4. The van der Waals surface area contributed by atoms with Crippen LogP contribution in [0.2, 0.25) is 0 Å². The van der Waals surface area contributed by atoms with Gasteiger partial charge in [0.05, 0.1) is 13.0 Å². The second-order valence-corrected chi connectivity index (χ2v) is 13.7. The maximum Gasteiger partial charge on any atom is 0.330 e. The molecule has 0 aromatic carbocycles. The van der Waals surface area contributed by atoms with Crippen molar-refractivity contribution in [1.82, 2.24) is 20.6 Å². The van der Waals surface area contributed by atoms with Crippen LogP contribution in [0.1, 0.15) is 119 Å². The second-order valence-electron chi connectivity index (χ2n) is 13.7. The van der Waals surface area contributed by atoms with Gasteiger partial charge in [-0.1, -0.05) is 59.0 Å². The molecule has 1 aliphatic heterocycles. The summed E-state index contributed by atoms with van der Waals surface area (Å²) in [7, 11) is 1.97. The van der Waals surface area contributed by atoms with Crippen LogP contribution in [0.25, 0.3) is 0 Å². The third-order valence-electron chi connectivity index (χ3n) is 7.90. The summed E-state index contributed by atoms with van der Waals surface area (Å²) in [5, 5.41) is 8.13. The van der Waals surface area contributed by atoms with Gasteiger partial charge in [0.25, 0.3) is 0 Å². The minimum atomic E-state index is -1.13. The molecule has 1 atom stereocenters. The van der Waals surface area contributed by atoms with E-state index in [4.69, 9.17) is 14.3 Å². The number of nitrogens with one attached hydrogen (secondary N) is 2. The fraction of sp³-hybridized carbons (Fsp3) is 0.848. The Balaban J connectivity index is 2.74. The predicted molar refractivity (Wildman–Crippen MR) is 172 cm³/mol. The van der Waals surface area contributed by atoms with E-state index in [-0.39, 0.29) is 42.7 Å². The van der Waals surface area contributed by atoms with E-state index in [0.29, 0.717) is 26.0 Å². The topological polar surface area (TPSA) is 109 Å². The zero-order valence-electron chi connectivity index (χ0n) is 28.5. The van der Waals surface area contributed by atoms with Crippen molar-refractivity contribution < 1.29 is 28.7 Å². The summed E-state index contributed by atoms with van der Waals surface area (Å²) < 4.78 is 10.8. The fourth-order valence-corrected chi connectivity index (χ4v) is 5.79. The highest BCUT2D eigenvalue weighted by atomic mass is 16.7. The van der Waals surface area contributed by atoms with E-state index >= 15 is 0 Å². The first-order valence-electron chi connectivity index (χ1n) is 16.3. The number of piperidine rings is 1. The molecule has 2 amide bonds. The van der Waals surface area contributed by atoms with Crippen LogP contribution < -0.4 is 10.6 Å². The van der Waals surface area contributed by atoms with Gasteiger partial charge in [0.15, 0.2) is 0 Å². The Morgan fingerprint density at radius 2 is 1.51 bits per heavy atom. The van der Waals surface area contributed by atoms with Crippen molar-refractivity contribution in [3.63, 3.8) is 0 Å². The molecule has 1 heterocycles. The monoisotopic (exact) mass is 610 g/mol. The number of unbranched alkanes of at least 4 members (excludes halogenated alkanes) is 6. The van der Waals surface area contributed by atoms with E-state index in [1.807, 2.05) is 7.05 Å². The average Bonchev–Trinajstić information content (AvgIpc) is 2.92. The normalized spacial score (nSPS) is 18.1. The summed E-state index contributed by atoms with van der Waals surface area (Å²) in [6.07, 6.45) is 12.1. The van der Waals surface area contributed by atoms with E-state index in [1.165, 1.54) is 32.1 Å². The van der Waals surface area contributed by atoms with Crippen LogP contribution in [0.3, 0.4) is 0 Å². The number of ether oxygens (including phenoxy) is 2. The zero-order valence-corrected chi connectivity index (χ0v) is 28.5. The molecule has 1 unspecified atom stereocenters. The number of urea groups is 1. The summed E-state index contributed by atoms with van der Waals surface area (Å²) in [6.45, 7) is 19.9. The van der Waals surface area contributed by atoms with Gasteiger partial charge in [-0.25, -0.2) is 9.59 Å². The molecule has 1 rings (SSSR count). The standard InChI is InChI=1S/C33H62N4O6/c1-10-13-15-16-17-18-22-43-37-31(4,5)23-27(24-32(37,6)7)34-30(40)35-33(8,25-41-28(38)12-3)26-42-29(39)19-21-36(9)20-14-11-2/h12,27H,3,10-11,13-26H2,1-2,4-9H3,(H2,34,35,40). The van der Waals surface area contributed by atoms with Gasteiger partial charge in [-0.15, -0.1) is 0 Å². The third-order valence-corrected chi connectivity index (χ3v) is 7.90. The number of nitrogens with zero attached hydrogens (tertiary/aromatic N) is 2. The predicted octanol–water partition coefficient (Wildman–Crippen LogP) is 5.75. The second kappa shape index (κ2) is 19.3. The highest BCUT2D eigenvalue weighted by Crippen LogP contribution is 2.38. The summed E-state index contributed by atoms with van der Waals surface area (Å²) in [6, 6.07) is -0.523. The smallest absolute Gasteiger partial charge is 0.330 e. The molecule has 0 aromatic heterocycles. The van der Waals surface area contributed by atoms with Crippen molar-refractivity contribution in [3.8, 4) is 0 Å². The van der Waals surface area contributed by atoms with Crippen LogP contribution in [0.5, 0.6) is 0 Å². The van der Waals surface area contributed by atoms with Crippen molar-refractivity contribution in [1.29, 1.82) is 0 Å². The van der Waals surface area contributed by atoms with E-state index in [9.17, 15) is 14.4 Å². The molecule has 1 aliphatic rings. The van der Waals surface area contributed by atoms with Crippen LogP contribution in [-0.2, 0) is 23.9 Å². The van der Waals surface area contributed by atoms with E-state index in [2.05, 4.69) is 68.7 Å². The molecular weight excluding hydrogens is 548 g/mol.